The lowest BCUT2D eigenvalue weighted by Crippen LogP contribution is -2.35. The molecule has 6 nitrogen and oxygen atoms in total. The summed E-state index contributed by atoms with van der Waals surface area (Å²) >= 11 is 1.53. The number of imidazole rings is 1. The molecule has 0 spiro atoms. The van der Waals surface area contributed by atoms with Crippen molar-refractivity contribution in [2.45, 2.75) is 11.3 Å². The van der Waals surface area contributed by atoms with Crippen LogP contribution in [0.2, 0.25) is 0 Å². The Hall–Kier alpha value is -3.11. The molecule has 35 heavy (non-hydrogen) atoms. The van der Waals surface area contributed by atoms with E-state index >= 15 is 0 Å². The van der Waals surface area contributed by atoms with Gasteiger partial charge in [0.05, 0.1) is 17.2 Å². The van der Waals surface area contributed by atoms with E-state index in [0.717, 1.165) is 39.4 Å². The minimum absolute atomic E-state index is 0.0617. The van der Waals surface area contributed by atoms with Crippen LogP contribution in [0.1, 0.15) is 5.69 Å². The zero-order valence-electron chi connectivity index (χ0n) is 19.1. The molecule has 2 heterocycles. The van der Waals surface area contributed by atoms with Gasteiger partial charge in [-0.05, 0) is 41.1 Å². The summed E-state index contributed by atoms with van der Waals surface area (Å²) in [4.78, 5) is 5.70. The summed E-state index contributed by atoms with van der Waals surface area (Å²) in [5.41, 5.74) is 2.88. The first-order chi connectivity index (χ1) is 17.0. The molecular weight excluding hydrogens is 485 g/mol. The highest BCUT2D eigenvalue weighted by Gasteiger charge is 2.24. The second-order valence-electron chi connectivity index (χ2n) is 8.17. The molecule has 0 atom stereocenters. The van der Waals surface area contributed by atoms with Gasteiger partial charge in [0.25, 0.3) is 0 Å². The number of hydrogen-bond donors (Lipinski definition) is 0. The van der Waals surface area contributed by atoms with Gasteiger partial charge in [0, 0.05) is 49.5 Å². The first kappa shape index (κ1) is 23.6. The monoisotopic (exact) mass is 509 g/mol. The van der Waals surface area contributed by atoms with E-state index in [4.69, 9.17) is 9.72 Å². The third kappa shape index (κ3) is 4.85. The van der Waals surface area contributed by atoms with Crippen molar-refractivity contribution in [1.29, 1.82) is 0 Å². The number of hydrogen-bond acceptors (Lipinski definition) is 5. The van der Waals surface area contributed by atoms with Gasteiger partial charge in [0.15, 0.2) is 4.96 Å². The number of thiazole rings is 1. The molecule has 0 saturated carbocycles. The summed E-state index contributed by atoms with van der Waals surface area (Å²) in [5, 5.41) is 4.34. The molecule has 0 bridgehead atoms. The summed E-state index contributed by atoms with van der Waals surface area (Å²) in [5.74, 6) is -0.476. The topological polar surface area (TPSA) is 63.9 Å². The van der Waals surface area contributed by atoms with Crippen molar-refractivity contribution in [3.8, 4) is 11.3 Å². The Kier molecular flexibility index (Phi) is 6.66. The van der Waals surface area contributed by atoms with E-state index in [1.165, 1.54) is 40.3 Å². The molecule has 2 aromatic heterocycles. The van der Waals surface area contributed by atoms with Crippen LogP contribution < -0.4 is 0 Å². The van der Waals surface area contributed by atoms with Gasteiger partial charge in [-0.3, -0.25) is 4.40 Å². The van der Waals surface area contributed by atoms with Crippen molar-refractivity contribution in [1.82, 2.24) is 13.7 Å². The van der Waals surface area contributed by atoms with Crippen molar-refractivity contribution < 1.29 is 17.5 Å². The second kappa shape index (κ2) is 9.87. The fourth-order valence-electron chi connectivity index (χ4n) is 4.04. The maximum absolute atomic E-state index is 13.3. The van der Waals surface area contributed by atoms with Gasteiger partial charge in [-0.1, -0.05) is 36.4 Å². The summed E-state index contributed by atoms with van der Waals surface area (Å²) in [6.07, 6.45) is 2.50. The van der Waals surface area contributed by atoms with Crippen LogP contribution in [-0.4, -0.2) is 48.9 Å². The van der Waals surface area contributed by atoms with E-state index in [2.05, 4.69) is 30.3 Å². The van der Waals surface area contributed by atoms with Gasteiger partial charge < -0.3 is 4.74 Å². The first-order valence-corrected chi connectivity index (χ1v) is 13.5. The number of methoxy groups -OCH3 is 1. The normalized spacial score (nSPS) is 12.2. The fourth-order valence-corrected chi connectivity index (χ4v) is 6.37. The van der Waals surface area contributed by atoms with Crippen molar-refractivity contribution >= 4 is 37.1 Å². The number of aromatic nitrogens is 2. The Morgan fingerprint density at radius 2 is 1.80 bits per heavy atom. The van der Waals surface area contributed by atoms with Gasteiger partial charge in [-0.15, -0.1) is 11.3 Å². The number of nitrogens with zero attached hydrogens (tertiary/aromatic N) is 3. The second-order valence-corrected chi connectivity index (χ2v) is 10.9. The number of sulfonamides is 1. The average Bonchev–Trinajstić information content (AvgIpc) is 3.45. The maximum atomic E-state index is 13.3. The number of halogens is 1. The zero-order chi connectivity index (χ0) is 24.4. The highest BCUT2D eigenvalue weighted by molar-refractivity contribution is 7.89. The quantitative estimate of drug-likeness (QED) is 0.273. The van der Waals surface area contributed by atoms with E-state index in [1.54, 1.807) is 0 Å². The van der Waals surface area contributed by atoms with Crippen molar-refractivity contribution in [3.05, 3.63) is 89.8 Å². The van der Waals surface area contributed by atoms with E-state index in [-0.39, 0.29) is 24.6 Å². The molecule has 9 heteroatoms. The number of benzene rings is 3. The highest BCUT2D eigenvalue weighted by Crippen LogP contribution is 2.27. The Bertz CT molecular complexity index is 1580. The first-order valence-electron chi connectivity index (χ1n) is 11.1. The Labute approximate surface area is 207 Å². The third-order valence-electron chi connectivity index (χ3n) is 5.94. The molecule has 5 rings (SSSR count). The lowest BCUT2D eigenvalue weighted by molar-refractivity contribution is 0.179. The van der Waals surface area contributed by atoms with Gasteiger partial charge in [-0.2, -0.15) is 4.31 Å². The van der Waals surface area contributed by atoms with Crippen LogP contribution in [0.5, 0.6) is 0 Å². The molecule has 5 aromatic rings. The summed E-state index contributed by atoms with van der Waals surface area (Å²) in [6, 6.07) is 19.4. The molecule has 0 amide bonds. The predicted molar refractivity (Wildman–Crippen MR) is 137 cm³/mol. The Balaban J connectivity index is 1.39. The molecule has 3 aromatic carbocycles. The molecule has 180 valence electrons. The van der Waals surface area contributed by atoms with Crippen LogP contribution in [-0.2, 0) is 21.2 Å². The molecule has 0 radical (unpaired) electrons. The minimum Gasteiger partial charge on any atom is -0.383 e. The molecule has 0 saturated heterocycles. The van der Waals surface area contributed by atoms with E-state index in [1.807, 2.05) is 28.1 Å². The van der Waals surface area contributed by atoms with Crippen LogP contribution in [0.3, 0.4) is 0 Å². The van der Waals surface area contributed by atoms with Crippen molar-refractivity contribution in [3.63, 3.8) is 0 Å². The SMILES string of the molecule is COCCN(CCc1csc2nc(-c3ccc4ccccc4c3)cn12)S(=O)(=O)c1ccc(F)cc1. The molecule has 0 unspecified atom stereocenters. The van der Waals surface area contributed by atoms with E-state index in [0.29, 0.717) is 6.42 Å². The number of rotatable bonds is 9. The average molecular weight is 510 g/mol. The molecule has 0 aliphatic heterocycles. The molecule has 0 N–H and O–H groups in total. The zero-order valence-corrected chi connectivity index (χ0v) is 20.7. The summed E-state index contributed by atoms with van der Waals surface area (Å²) in [6.45, 7) is 0.727. The van der Waals surface area contributed by atoms with Gasteiger partial charge >= 0.3 is 0 Å². The van der Waals surface area contributed by atoms with Crippen LogP contribution >= 0.6 is 11.3 Å². The largest absolute Gasteiger partial charge is 0.383 e. The fraction of sp³-hybridized carbons (Fsp3) is 0.192. The van der Waals surface area contributed by atoms with Crippen molar-refractivity contribution in [2.75, 3.05) is 26.8 Å². The molecule has 0 aliphatic rings. The highest BCUT2D eigenvalue weighted by atomic mass is 32.2. The number of fused-ring (bicyclic) bond motifs is 2. The van der Waals surface area contributed by atoms with Gasteiger partial charge in [-0.25, -0.2) is 17.8 Å². The van der Waals surface area contributed by atoms with Crippen LogP contribution in [0, 0.1) is 5.82 Å². The maximum Gasteiger partial charge on any atom is 0.243 e. The minimum atomic E-state index is -3.79. The smallest absolute Gasteiger partial charge is 0.243 e. The Morgan fingerprint density at radius 1 is 1.03 bits per heavy atom. The van der Waals surface area contributed by atoms with Crippen molar-refractivity contribution in [2.24, 2.45) is 0 Å². The van der Waals surface area contributed by atoms with E-state index < -0.39 is 15.8 Å². The lowest BCUT2D eigenvalue weighted by Gasteiger charge is -2.21. The predicted octanol–water partition coefficient (Wildman–Crippen LogP) is 5.23. The van der Waals surface area contributed by atoms with Crippen LogP contribution in [0.15, 0.2) is 83.2 Å². The molecule has 0 fully saturated rings. The summed E-state index contributed by atoms with van der Waals surface area (Å²) < 4.78 is 48.3. The third-order valence-corrected chi connectivity index (χ3v) is 8.74. The molecule has 0 aliphatic carbocycles. The van der Waals surface area contributed by atoms with Crippen LogP contribution in [0.4, 0.5) is 4.39 Å². The Morgan fingerprint density at radius 3 is 2.57 bits per heavy atom. The van der Waals surface area contributed by atoms with Gasteiger partial charge in [0.1, 0.15) is 5.82 Å². The number of ether oxygens (including phenoxy) is 1. The summed E-state index contributed by atoms with van der Waals surface area (Å²) in [7, 11) is -2.26. The van der Waals surface area contributed by atoms with Crippen LogP contribution in [0.25, 0.3) is 27.0 Å². The van der Waals surface area contributed by atoms with Gasteiger partial charge in [0.2, 0.25) is 10.0 Å². The molecular formula is C26H24FN3O3S2. The standard InChI is InChI=1S/C26H24FN3O3S2/c1-33-15-14-29(35(31,32)24-10-8-22(27)9-11-24)13-12-23-18-34-26-28-25(17-30(23)26)21-7-6-19-4-2-3-5-20(19)16-21/h2-11,16-18H,12-15H2,1H3. The lowest BCUT2D eigenvalue weighted by atomic mass is 10.1. The van der Waals surface area contributed by atoms with E-state index in [9.17, 15) is 12.8 Å².